The van der Waals surface area contributed by atoms with E-state index in [2.05, 4.69) is 83.8 Å². The van der Waals surface area contributed by atoms with Crippen molar-refractivity contribution in [3.63, 3.8) is 0 Å². The normalized spacial score (nSPS) is 14.6. The van der Waals surface area contributed by atoms with Crippen LogP contribution in [0.3, 0.4) is 0 Å². The van der Waals surface area contributed by atoms with Crippen LogP contribution >= 0.6 is 11.3 Å². The number of rotatable bonds is 5. The summed E-state index contributed by atoms with van der Waals surface area (Å²) in [5, 5.41) is 2.25. The van der Waals surface area contributed by atoms with Crippen LogP contribution in [0.15, 0.2) is 103 Å². The Morgan fingerprint density at radius 2 is 1.53 bits per heavy atom. The zero-order valence-corrected chi connectivity index (χ0v) is 22.7. The fraction of sp³-hybridized carbons (Fsp3) is 0.194. The summed E-state index contributed by atoms with van der Waals surface area (Å²) in [6.07, 6.45) is 0.348. The van der Waals surface area contributed by atoms with Crippen molar-refractivity contribution >= 4 is 31.5 Å². The van der Waals surface area contributed by atoms with E-state index >= 15 is 0 Å². The smallest absolute Gasteiger partial charge is 0.0705 e. The fourth-order valence-electron chi connectivity index (χ4n) is 4.93. The predicted molar refractivity (Wildman–Crippen MR) is 165 cm³/mol. The van der Waals surface area contributed by atoms with E-state index in [0.29, 0.717) is 5.69 Å². The molecular weight excluding hydrogens is 478 g/mol. The van der Waals surface area contributed by atoms with Gasteiger partial charge in [0.15, 0.2) is 0 Å². The van der Waals surface area contributed by atoms with Crippen molar-refractivity contribution in [2.24, 2.45) is 5.41 Å². The molecule has 188 valence electrons. The molecule has 0 atom stereocenters. The average molecular weight is 517 g/mol. The largest absolute Gasteiger partial charge is 0.256 e. The van der Waals surface area contributed by atoms with Crippen LogP contribution < -0.4 is 0 Å². The van der Waals surface area contributed by atoms with Crippen LogP contribution in [0.2, 0.25) is 0 Å². The maximum absolute atomic E-state index is 8.86. The minimum Gasteiger partial charge on any atom is -0.256 e. The van der Waals surface area contributed by atoms with Gasteiger partial charge in [0.2, 0.25) is 0 Å². The predicted octanol–water partition coefficient (Wildman–Crippen LogP) is 10.3. The van der Waals surface area contributed by atoms with Crippen molar-refractivity contribution in [3.05, 3.63) is 126 Å². The van der Waals surface area contributed by atoms with E-state index in [1.54, 1.807) is 38.2 Å². The Morgan fingerprint density at radius 1 is 0.737 bits per heavy atom. The minimum atomic E-state index is -2.47. The van der Waals surface area contributed by atoms with E-state index in [1.165, 1.54) is 33.2 Å². The SMILES string of the molecule is [2H]C([2H])([2H])c1cnc(-c2ccc3sc4cc(-c5cccc(Cc6ccccc6)c5)ccc4c3c2)cc1C([2H])([2H])C(C)(C)C. The van der Waals surface area contributed by atoms with Gasteiger partial charge in [0, 0.05) is 38.8 Å². The highest BCUT2D eigenvalue weighted by molar-refractivity contribution is 7.25. The lowest BCUT2D eigenvalue weighted by Crippen LogP contribution is -2.10. The molecular formula is C36H33NS. The first-order valence-corrected chi connectivity index (χ1v) is 13.7. The second-order valence-corrected chi connectivity index (χ2v) is 12.0. The van der Waals surface area contributed by atoms with Gasteiger partial charge < -0.3 is 0 Å². The van der Waals surface area contributed by atoms with Crippen molar-refractivity contribution in [2.75, 3.05) is 0 Å². The van der Waals surface area contributed by atoms with Crippen LogP contribution in [0.1, 0.15) is 49.9 Å². The Balaban J connectivity index is 1.39. The second-order valence-electron chi connectivity index (χ2n) is 10.9. The highest BCUT2D eigenvalue weighted by Gasteiger charge is 2.15. The van der Waals surface area contributed by atoms with Crippen LogP contribution in [-0.2, 0) is 12.8 Å². The molecule has 0 spiro atoms. The molecule has 0 saturated heterocycles. The van der Waals surface area contributed by atoms with Gasteiger partial charge in [-0.05, 0) is 82.7 Å². The van der Waals surface area contributed by atoms with Gasteiger partial charge in [-0.3, -0.25) is 4.98 Å². The number of aromatic nitrogens is 1. The van der Waals surface area contributed by atoms with E-state index in [-0.39, 0.29) is 11.1 Å². The van der Waals surface area contributed by atoms with Crippen LogP contribution in [-0.4, -0.2) is 4.98 Å². The zero-order valence-electron chi connectivity index (χ0n) is 26.9. The molecule has 1 nitrogen and oxygen atoms in total. The molecule has 0 aliphatic rings. The van der Waals surface area contributed by atoms with Crippen LogP contribution in [0.25, 0.3) is 42.6 Å². The van der Waals surface area contributed by atoms with Crippen LogP contribution in [0.5, 0.6) is 0 Å². The molecule has 2 aromatic heterocycles. The average Bonchev–Trinajstić information content (AvgIpc) is 3.33. The summed E-state index contributed by atoms with van der Waals surface area (Å²) in [6, 6.07) is 33.6. The number of aryl methyl sites for hydroxylation is 1. The third-order valence-corrected chi connectivity index (χ3v) is 7.83. The molecule has 0 aliphatic heterocycles. The quantitative estimate of drug-likeness (QED) is 0.222. The number of nitrogens with zero attached hydrogens (tertiary/aromatic N) is 1. The first-order valence-electron chi connectivity index (χ1n) is 15.4. The van der Waals surface area contributed by atoms with Gasteiger partial charge >= 0.3 is 0 Å². The first-order chi connectivity index (χ1) is 20.3. The second kappa shape index (κ2) is 9.85. The molecule has 0 aliphatic carbocycles. The molecule has 0 radical (unpaired) electrons. The minimum absolute atomic E-state index is 0.0430. The lowest BCUT2D eigenvalue weighted by molar-refractivity contribution is 0.410. The molecule has 38 heavy (non-hydrogen) atoms. The lowest BCUT2D eigenvalue weighted by atomic mass is 9.86. The maximum Gasteiger partial charge on any atom is 0.0705 e. The van der Waals surface area contributed by atoms with Gasteiger partial charge in [-0.15, -0.1) is 11.3 Å². The summed E-state index contributed by atoms with van der Waals surface area (Å²) in [5.41, 5.74) is 5.63. The molecule has 0 N–H and O–H groups in total. The molecule has 6 rings (SSSR count). The summed E-state index contributed by atoms with van der Waals surface area (Å²) in [6.45, 7) is 2.89. The van der Waals surface area contributed by atoms with Crippen molar-refractivity contribution in [3.8, 4) is 22.4 Å². The summed E-state index contributed by atoms with van der Waals surface area (Å²) in [4.78, 5) is 4.51. The lowest BCUT2D eigenvalue weighted by Gasteiger charge is -2.20. The van der Waals surface area contributed by atoms with Gasteiger partial charge in [-0.25, -0.2) is 0 Å². The van der Waals surface area contributed by atoms with Crippen molar-refractivity contribution in [2.45, 2.75) is 40.4 Å². The summed E-state index contributed by atoms with van der Waals surface area (Å²) in [7, 11) is 0. The number of pyridine rings is 1. The fourth-order valence-corrected chi connectivity index (χ4v) is 6.05. The molecule has 6 aromatic rings. The standard InChI is InChI=1S/C36H33NS/c1-24-23-37-33(20-30(24)22-36(2,3)4)29-14-16-34-32(19-29)31-15-13-28(21-35(31)38-34)27-12-8-11-26(18-27)17-25-9-6-5-7-10-25/h5-16,18-21,23H,17,22H2,1-4H3/i1D3,22D2. The monoisotopic (exact) mass is 516 g/mol. The van der Waals surface area contributed by atoms with Crippen molar-refractivity contribution in [1.82, 2.24) is 4.98 Å². The van der Waals surface area contributed by atoms with Crippen molar-refractivity contribution in [1.29, 1.82) is 0 Å². The molecule has 0 unspecified atom stereocenters. The van der Waals surface area contributed by atoms with Gasteiger partial charge in [0.05, 0.1) is 5.69 Å². The van der Waals surface area contributed by atoms with E-state index in [4.69, 9.17) is 6.85 Å². The first kappa shape index (κ1) is 19.3. The Morgan fingerprint density at radius 3 is 2.34 bits per heavy atom. The maximum atomic E-state index is 8.86. The zero-order chi connectivity index (χ0) is 30.6. The summed E-state index contributed by atoms with van der Waals surface area (Å²) in [5.74, 6) is 0. The molecule has 4 aromatic carbocycles. The molecule has 0 amide bonds. The highest BCUT2D eigenvalue weighted by Crippen LogP contribution is 2.38. The molecule has 0 fully saturated rings. The Kier molecular flexibility index (Phi) is 5.01. The highest BCUT2D eigenvalue weighted by atomic mass is 32.1. The van der Waals surface area contributed by atoms with E-state index in [9.17, 15) is 0 Å². The number of hydrogen-bond donors (Lipinski definition) is 0. The van der Waals surface area contributed by atoms with Gasteiger partial charge in [0.1, 0.15) is 0 Å². The third-order valence-electron chi connectivity index (χ3n) is 6.69. The molecule has 0 bridgehead atoms. The van der Waals surface area contributed by atoms with E-state index in [1.807, 2.05) is 12.1 Å². The third kappa shape index (κ3) is 5.14. The van der Waals surface area contributed by atoms with E-state index in [0.717, 1.165) is 27.5 Å². The Labute approximate surface area is 236 Å². The van der Waals surface area contributed by atoms with Crippen molar-refractivity contribution < 1.29 is 6.85 Å². The Hall–Kier alpha value is -3.75. The van der Waals surface area contributed by atoms with Crippen LogP contribution in [0.4, 0.5) is 0 Å². The summed E-state index contributed by atoms with van der Waals surface area (Å²) < 4.78 is 44.1. The Bertz CT molecular complexity index is 1950. The summed E-state index contributed by atoms with van der Waals surface area (Å²) >= 11 is 1.74. The molecule has 2 heteroatoms. The molecule has 0 saturated carbocycles. The van der Waals surface area contributed by atoms with Gasteiger partial charge in [0.25, 0.3) is 0 Å². The van der Waals surface area contributed by atoms with Gasteiger partial charge in [-0.1, -0.05) is 93.6 Å². The van der Waals surface area contributed by atoms with E-state index < -0.39 is 18.6 Å². The van der Waals surface area contributed by atoms with Gasteiger partial charge in [-0.2, -0.15) is 0 Å². The van der Waals surface area contributed by atoms with Crippen LogP contribution in [0, 0.1) is 12.3 Å². The number of benzene rings is 4. The number of hydrogen-bond acceptors (Lipinski definition) is 2. The molecule has 2 heterocycles. The number of thiophene rings is 1. The number of fused-ring (bicyclic) bond motifs is 3. The topological polar surface area (TPSA) is 12.9 Å².